The van der Waals surface area contributed by atoms with Gasteiger partial charge in [-0.1, -0.05) is 79.9 Å². The van der Waals surface area contributed by atoms with Crippen LogP contribution in [-0.4, -0.2) is 43.6 Å². The number of anilines is 1. The first-order valence-electron chi connectivity index (χ1n) is 13.1. The molecule has 1 unspecified atom stereocenters. The molecule has 35 heavy (non-hydrogen) atoms. The monoisotopic (exact) mass is 466 g/mol. The smallest absolute Gasteiger partial charge is 0.166 e. The molecule has 1 saturated carbocycles. The molecule has 2 fully saturated rings. The summed E-state index contributed by atoms with van der Waals surface area (Å²) in [5.41, 5.74) is 4.36. The summed E-state index contributed by atoms with van der Waals surface area (Å²) >= 11 is 0. The van der Waals surface area contributed by atoms with Crippen LogP contribution in [0.3, 0.4) is 0 Å². The number of nitrogens with one attached hydrogen (secondary N) is 1. The molecule has 4 aromatic rings. The number of fused-ring (bicyclic) bond motifs is 1. The summed E-state index contributed by atoms with van der Waals surface area (Å²) in [5, 5.41) is 3.75. The zero-order valence-electron chi connectivity index (χ0n) is 20.5. The van der Waals surface area contributed by atoms with E-state index in [2.05, 4.69) is 75.4 Å². The summed E-state index contributed by atoms with van der Waals surface area (Å²) < 4.78 is 2.40. The fraction of sp³-hybridized carbons (Fsp3) is 0.414. The predicted octanol–water partition coefficient (Wildman–Crippen LogP) is 5.99. The first-order chi connectivity index (χ1) is 17.2. The Morgan fingerprint density at radius 1 is 0.857 bits per heavy atom. The zero-order chi connectivity index (χ0) is 23.6. The van der Waals surface area contributed by atoms with Crippen LogP contribution in [0.1, 0.15) is 56.0 Å². The first kappa shape index (κ1) is 22.2. The van der Waals surface area contributed by atoms with E-state index in [4.69, 9.17) is 15.0 Å². The minimum absolute atomic E-state index is 0.329. The Kier molecular flexibility index (Phi) is 6.21. The van der Waals surface area contributed by atoms with Crippen LogP contribution >= 0.6 is 0 Å². The van der Waals surface area contributed by atoms with Gasteiger partial charge in [-0.25, -0.2) is 15.0 Å². The van der Waals surface area contributed by atoms with Crippen molar-refractivity contribution in [1.29, 1.82) is 0 Å². The van der Waals surface area contributed by atoms with Crippen LogP contribution in [0.25, 0.3) is 22.6 Å². The second-order valence-electron chi connectivity index (χ2n) is 10.1. The average molecular weight is 467 g/mol. The first-order valence-corrected chi connectivity index (χ1v) is 13.1. The van der Waals surface area contributed by atoms with Gasteiger partial charge in [-0.15, -0.1) is 0 Å². The molecular weight excluding hydrogens is 432 g/mol. The van der Waals surface area contributed by atoms with Gasteiger partial charge in [-0.3, -0.25) is 4.90 Å². The van der Waals surface area contributed by atoms with Crippen LogP contribution < -0.4 is 5.32 Å². The average Bonchev–Trinajstić information content (AvgIpc) is 3.50. The van der Waals surface area contributed by atoms with Crippen LogP contribution in [0.5, 0.6) is 0 Å². The Morgan fingerprint density at radius 2 is 1.60 bits per heavy atom. The highest BCUT2D eigenvalue weighted by Crippen LogP contribution is 2.35. The van der Waals surface area contributed by atoms with E-state index in [0.717, 1.165) is 60.2 Å². The standard InChI is InChI=1S/C29H34N6/c1-21-30-27(32-24-15-9-4-10-16-24)26-29(31-21)35(28(33-26)23-13-7-3-8-14-23)25-17-18-34(20-25)19-22-11-5-2-6-12-22/h2-3,5-8,11-14,24-25H,4,9-10,15-20H2,1H3,(H,30,31,32). The lowest BCUT2D eigenvalue weighted by atomic mass is 9.95. The van der Waals surface area contributed by atoms with Crippen molar-refractivity contribution in [2.75, 3.05) is 18.4 Å². The molecule has 0 amide bonds. The summed E-state index contributed by atoms with van der Waals surface area (Å²) in [6, 6.07) is 22.1. The van der Waals surface area contributed by atoms with Crippen LogP contribution in [0.4, 0.5) is 5.82 Å². The maximum absolute atomic E-state index is 5.20. The minimum Gasteiger partial charge on any atom is -0.365 e. The van der Waals surface area contributed by atoms with Crippen molar-refractivity contribution >= 4 is 17.0 Å². The topological polar surface area (TPSA) is 58.9 Å². The number of hydrogen-bond acceptors (Lipinski definition) is 5. The third-order valence-corrected chi connectivity index (χ3v) is 7.49. The molecule has 1 atom stereocenters. The molecule has 3 heterocycles. The normalized spacial score (nSPS) is 19.4. The third-order valence-electron chi connectivity index (χ3n) is 7.49. The fourth-order valence-electron chi connectivity index (χ4n) is 5.77. The van der Waals surface area contributed by atoms with Crippen molar-refractivity contribution < 1.29 is 0 Å². The van der Waals surface area contributed by atoms with Gasteiger partial charge in [-0.05, 0) is 31.7 Å². The Hall–Kier alpha value is -3.25. The number of hydrogen-bond donors (Lipinski definition) is 1. The van der Waals surface area contributed by atoms with E-state index < -0.39 is 0 Å². The van der Waals surface area contributed by atoms with Crippen LogP contribution in [0.15, 0.2) is 60.7 Å². The molecular formula is C29H34N6. The Morgan fingerprint density at radius 3 is 2.37 bits per heavy atom. The quantitative estimate of drug-likeness (QED) is 0.378. The fourth-order valence-corrected chi connectivity index (χ4v) is 5.77. The van der Waals surface area contributed by atoms with Crippen molar-refractivity contribution in [3.05, 3.63) is 72.1 Å². The number of likely N-dealkylation sites (tertiary alicyclic amines) is 1. The highest BCUT2D eigenvalue weighted by atomic mass is 15.3. The summed E-state index contributed by atoms with van der Waals surface area (Å²) in [5.74, 6) is 2.70. The number of rotatable bonds is 6. The Bertz CT molecular complexity index is 1280. The van der Waals surface area contributed by atoms with Crippen molar-refractivity contribution in [3.63, 3.8) is 0 Å². The molecule has 1 N–H and O–H groups in total. The van der Waals surface area contributed by atoms with Crippen LogP contribution in [-0.2, 0) is 6.54 Å². The minimum atomic E-state index is 0.329. The summed E-state index contributed by atoms with van der Waals surface area (Å²) in [6.45, 7) is 5.05. The van der Waals surface area contributed by atoms with Gasteiger partial charge < -0.3 is 9.88 Å². The van der Waals surface area contributed by atoms with E-state index in [0.29, 0.717) is 12.1 Å². The summed E-state index contributed by atoms with van der Waals surface area (Å²) in [7, 11) is 0. The lowest BCUT2D eigenvalue weighted by molar-refractivity contribution is 0.317. The van der Waals surface area contributed by atoms with E-state index in [9.17, 15) is 0 Å². The lowest BCUT2D eigenvalue weighted by Crippen LogP contribution is -2.23. The number of nitrogens with zero attached hydrogens (tertiary/aromatic N) is 5. The molecule has 6 rings (SSSR count). The molecule has 0 spiro atoms. The molecule has 2 aromatic heterocycles. The summed E-state index contributed by atoms with van der Waals surface area (Å²) in [4.78, 5) is 17.5. The van der Waals surface area contributed by atoms with Crippen molar-refractivity contribution in [2.45, 2.75) is 64.1 Å². The third kappa shape index (κ3) is 4.67. The summed E-state index contributed by atoms with van der Waals surface area (Å²) in [6.07, 6.45) is 7.40. The number of aromatic nitrogens is 4. The van der Waals surface area contributed by atoms with Gasteiger partial charge in [0.05, 0.1) is 6.04 Å². The highest BCUT2D eigenvalue weighted by molar-refractivity contribution is 5.87. The molecule has 6 heteroatoms. The van der Waals surface area contributed by atoms with Gasteiger partial charge in [0.15, 0.2) is 17.0 Å². The second-order valence-corrected chi connectivity index (χ2v) is 10.1. The maximum Gasteiger partial charge on any atom is 0.166 e. The molecule has 2 aromatic carbocycles. The second kappa shape index (κ2) is 9.78. The Balaban J connectivity index is 1.39. The molecule has 0 bridgehead atoms. The molecule has 6 nitrogen and oxygen atoms in total. The lowest BCUT2D eigenvalue weighted by Gasteiger charge is -2.23. The molecule has 180 valence electrons. The van der Waals surface area contributed by atoms with E-state index in [1.165, 1.54) is 37.7 Å². The number of aryl methyl sites for hydroxylation is 1. The van der Waals surface area contributed by atoms with Gasteiger partial charge in [0.25, 0.3) is 0 Å². The molecule has 1 saturated heterocycles. The predicted molar refractivity (Wildman–Crippen MR) is 141 cm³/mol. The Labute approximate surface area is 207 Å². The van der Waals surface area contributed by atoms with Crippen LogP contribution in [0, 0.1) is 6.92 Å². The largest absolute Gasteiger partial charge is 0.365 e. The van der Waals surface area contributed by atoms with E-state index in [1.54, 1.807) is 0 Å². The maximum atomic E-state index is 5.20. The van der Waals surface area contributed by atoms with Crippen molar-refractivity contribution in [3.8, 4) is 11.4 Å². The molecule has 0 radical (unpaired) electrons. The molecule has 1 aliphatic carbocycles. The number of imidazole rings is 1. The van der Waals surface area contributed by atoms with Crippen molar-refractivity contribution in [2.24, 2.45) is 0 Å². The molecule has 1 aliphatic heterocycles. The van der Waals surface area contributed by atoms with Crippen LogP contribution in [0.2, 0.25) is 0 Å². The van der Waals surface area contributed by atoms with E-state index >= 15 is 0 Å². The SMILES string of the molecule is Cc1nc(NC2CCCCC2)c2nc(-c3ccccc3)n(C3CCN(Cc4ccccc4)C3)c2n1. The van der Waals surface area contributed by atoms with Gasteiger partial charge in [0.1, 0.15) is 11.6 Å². The van der Waals surface area contributed by atoms with Gasteiger partial charge in [-0.2, -0.15) is 0 Å². The van der Waals surface area contributed by atoms with Crippen molar-refractivity contribution in [1.82, 2.24) is 24.4 Å². The zero-order valence-corrected chi connectivity index (χ0v) is 20.5. The van der Waals surface area contributed by atoms with Gasteiger partial charge in [0.2, 0.25) is 0 Å². The van der Waals surface area contributed by atoms with Gasteiger partial charge in [0, 0.05) is 31.2 Å². The number of benzene rings is 2. The highest BCUT2D eigenvalue weighted by Gasteiger charge is 2.30. The molecule has 2 aliphatic rings. The van der Waals surface area contributed by atoms with E-state index in [-0.39, 0.29) is 0 Å². The van der Waals surface area contributed by atoms with E-state index in [1.807, 2.05) is 6.92 Å². The van der Waals surface area contributed by atoms with Gasteiger partial charge >= 0.3 is 0 Å².